The summed E-state index contributed by atoms with van der Waals surface area (Å²) in [6.45, 7) is 0. The molecule has 0 aliphatic heterocycles. The predicted molar refractivity (Wildman–Crippen MR) is 75.8 cm³/mol. The molecule has 0 fully saturated rings. The highest BCUT2D eigenvalue weighted by molar-refractivity contribution is 5.95. The van der Waals surface area contributed by atoms with Crippen LogP contribution in [-0.4, -0.2) is 30.8 Å². The molecule has 0 bridgehead atoms. The number of benzene rings is 1. The van der Waals surface area contributed by atoms with E-state index in [1.807, 2.05) is 0 Å². The standard InChI is InChI=1S/C14H9F2N5O2/c15-9-5-8(14(22)23)11(6-10(9)16)18-12-1-2-13(20-19-12)21-4-3-17-7-21/h1-7H,(H,18,19)(H,22,23). The third kappa shape index (κ3) is 2.98. The van der Waals surface area contributed by atoms with Crippen molar-refractivity contribution in [3.8, 4) is 5.82 Å². The predicted octanol–water partition coefficient (Wildman–Crippen LogP) is 2.38. The van der Waals surface area contributed by atoms with Gasteiger partial charge in [0.15, 0.2) is 23.3 Å². The maximum Gasteiger partial charge on any atom is 0.337 e. The summed E-state index contributed by atoms with van der Waals surface area (Å²) in [5, 5.41) is 19.5. The van der Waals surface area contributed by atoms with E-state index in [2.05, 4.69) is 20.5 Å². The number of hydrogen-bond donors (Lipinski definition) is 2. The molecule has 3 rings (SSSR count). The first-order chi connectivity index (χ1) is 11.0. The summed E-state index contributed by atoms with van der Waals surface area (Å²) in [4.78, 5) is 15.0. The summed E-state index contributed by atoms with van der Waals surface area (Å²) < 4.78 is 28.1. The quantitative estimate of drug-likeness (QED) is 0.767. The number of carbonyl (C=O) groups is 1. The van der Waals surface area contributed by atoms with Gasteiger partial charge in [0.25, 0.3) is 0 Å². The highest BCUT2D eigenvalue weighted by Crippen LogP contribution is 2.23. The van der Waals surface area contributed by atoms with E-state index < -0.39 is 23.2 Å². The van der Waals surface area contributed by atoms with Gasteiger partial charge in [-0.2, -0.15) is 0 Å². The van der Waals surface area contributed by atoms with Gasteiger partial charge in [0.2, 0.25) is 0 Å². The van der Waals surface area contributed by atoms with Gasteiger partial charge in [-0.3, -0.25) is 4.57 Å². The fourth-order valence-corrected chi connectivity index (χ4v) is 1.89. The number of nitrogens with one attached hydrogen (secondary N) is 1. The molecule has 1 aromatic carbocycles. The van der Waals surface area contributed by atoms with Crippen LogP contribution in [0.3, 0.4) is 0 Å². The molecule has 0 radical (unpaired) electrons. The zero-order valence-corrected chi connectivity index (χ0v) is 11.4. The zero-order valence-electron chi connectivity index (χ0n) is 11.4. The van der Waals surface area contributed by atoms with Gasteiger partial charge in [0.05, 0.1) is 11.3 Å². The molecule has 0 atom stereocenters. The van der Waals surface area contributed by atoms with Crippen LogP contribution in [0.4, 0.5) is 20.3 Å². The number of nitrogens with zero attached hydrogens (tertiary/aromatic N) is 4. The number of halogens is 2. The van der Waals surface area contributed by atoms with Gasteiger partial charge in [0, 0.05) is 18.5 Å². The van der Waals surface area contributed by atoms with E-state index >= 15 is 0 Å². The topological polar surface area (TPSA) is 92.9 Å². The van der Waals surface area contributed by atoms with Crippen molar-refractivity contribution in [2.24, 2.45) is 0 Å². The molecule has 0 saturated carbocycles. The Labute approximate surface area is 128 Å². The van der Waals surface area contributed by atoms with Crippen molar-refractivity contribution in [2.75, 3.05) is 5.32 Å². The molecule has 0 spiro atoms. The van der Waals surface area contributed by atoms with Crippen molar-refractivity contribution in [2.45, 2.75) is 0 Å². The van der Waals surface area contributed by atoms with Crippen LogP contribution >= 0.6 is 0 Å². The molecule has 0 aliphatic rings. The van der Waals surface area contributed by atoms with E-state index in [1.165, 1.54) is 12.4 Å². The average molecular weight is 317 g/mol. The monoisotopic (exact) mass is 317 g/mol. The molecule has 3 aromatic rings. The largest absolute Gasteiger partial charge is 0.478 e. The van der Waals surface area contributed by atoms with E-state index in [1.54, 1.807) is 23.0 Å². The van der Waals surface area contributed by atoms with Crippen LogP contribution in [0.1, 0.15) is 10.4 Å². The Morgan fingerprint density at radius 3 is 2.57 bits per heavy atom. The van der Waals surface area contributed by atoms with E-state index in [-0.39, 0.29) is 11.5 Å². The SMILES string of the molecule is O=C(O)c1cc(F)c(F)cc1Nc1ccc(-n2ccnc2)nn1. The maximum atomic E-state index is 13.3. The van der Waals surface area contributed by atoms with Crippen molar-refractivity contribution >= 4 is 17.5 Å². The Bertz CT molecular complexity index is 850. The van der Waals surface area contributed by atoms with Crippen LogP contribution in [0.5, 0.6) is 0 Å². The van der Waals surface area contributed by atoms with Crippen LogP contribution < -0.4 is 5.32 Å². The van der Waals surface area contributed by atoms with Crippen molar-refractivity contribution in [1.82, 2.24) is 19.7 Å². The molecule has 9 heteroatoms. The van der Waals surface area contributed by atoms with Gasteiger partial charge >= 0.3 is 5.97 Å². The molecular weight excluding hydrogens is 308 g/mol. The van der Waals surface area contributed by atoms with Gasteiger partial charge in [-0.05, 0) is 18.2 Å². The first-order valence-electron chi connectivity index (χ1n) is 6.36. The number of aromatic carboxylic acids is 1. The van der Waals surface area contributed by atoms with E-state index in [9.17, 15) is 13.6 Å². The van der Waals surface area contributed by atoms with Crippen molar-refractivity contribution < 1.29 is 18.7 Å². The van der Waals surface area contributed by atoms with Crippen LogP contribution in [0.2, 0.25) is 0 Å². The molecule has 2 heterocycles. The van der Waals surface area contributed by atoms with E-state index in [0.717, 1.165) is 6.07 Å². The number of imidazole rings is 1. The molecule has 0 saturated heterocycles. The molecule has 0 unspecified atom stereocenters. The van der Waals surface area contributed by atoms with Crippen LogP contribution in [0.25, 0.3) is 5.82 Å². The lowest BCUT2D eigenvalue weighted by atomic mass is 10.1. The zero-order chi connectivity index (χ0) is 16.4. The number of aromatic nitrogens is 4. The lowest BCUT2D eigenvalue weighted by molar-refractivity contribution is 0.0697. The van der Waals surface area contributed by atoms with Gasteiger partial charge in [-0.15, -0.1) is 10.2 Å². The van der Waals surface area contributed by atoms with E-state index in [4.69, 9.17) is 5.11 Å². The van der Waals surface area contributed by atoms with Crippen molar-refractivity contribution in [1.29, 1.82) is 0 Å². The summed E-state index contributed by atoms with van der Waals surface area (Å²) >= 11 is 0. The number of rotatable bonds is 4. The highest BCUT2D eigenvalue weighted by atomic mass is 19.2. The Morgan fingerprint density at radius 1 is 1.17 bits per heavy atom. The highest BCUT2D eigenvalue weighted by Gasteiger charge is 2.16. The molecule has 2 N–H and O–H groups in total. The van der Waals surface area contributed by atoms with Crippen LogP contribution in [-0.2, 0) is 0 Å². The molecule has 116 valence electrons. The normalized spacial score (nSPS) is 10.5. The third-order valence-electron chi connectivity index (χ3n) is 2.97. The molecule has 23 heavy (non-hydrogen) atoms. The second-order valence-electron chi connectivity index (χ2n) is 4.49. The average Bonchev–Trinajstić information content (AvgIpc) is 3.05. The Morgan fingerprint density at radius 2 is 1.96 bits per heavy atom. The molecule has 0 aliphatic carbocycles. The lowest BCUT2D eigenvalue weighted by Crippen LogP contribution is -2.06. The van der Waals surface area contributed by atoms with Crippen LogP contribution in [0.15, 0.2) is 43.0 Å². The second-order valence-corrected chi connectivity index (χ2v) is 4.49. The summed E-state index contributed by atoms with van der Waals surface area (Å²) in [6.07, 6.45) is 4.79. The van der Waals surface area contributed by atoms with Crippen molar-refractivity contribution in [3.05, 3.63) is 60.2 Å². The molecule has 2 aromatic heterocycles. The first kappa shape index (κ1) is 14.6. The minimum atomic E-state index is -1.39. The third-order valence-corrected chi connectivity index (χ3v) is 2.97. The minimum absolute atomic E-state index is 0.124. The van der Waals surface area contributed by atoms with Gasteiger partial charge < -0.3 is 10.4 Å². The Balaban J connectivity index is 1.90. The number of carboxylic acids is 1. The Kier molecular flexibility index (Phi) is 3.67. The summed E-state index contributed by atoms with van der Waals surface area (Å²) in [5.74, 6) is -3.12. The summed E-state index contributed by atoms with van der Waals surface area (Å²) in [7, 11) is 0. The van der Waals surface area contributed by atoms with Crippen molar-refractivity contribution in [3.63, 3.8) is 0 Å². The summed E-state index contributed by atoms with van der Waals surface area (Å²) in [6, 6.07) is 4.49. The van der Waals surface area contributed by atoms with Crippen LogP contribution in [0, 0.1) is 11.6 Å². The molecule has 0 amide bonds. The van der Waals surface area contributed by atoms with Gasteiger partial charge in [-0.1, -0.05) is 0 Å². The fraction of sp³-hybridized carbons (Fsp3) is 0. The fourth-order valence-electron chi connectivity index (χ4n) is 1.89. The van der Waals surface area contributed by atoms with Gasteiger partial charge in [-0.25, -0.2) is 18.6 Å². The minimum Gasteiger partial charge on any atom is -0.478 e. The lowest BCUT2D eigenvalue weighted by Gasteiger charge is -2.09. The maximum absolute atomic E-state index is 13.3. The Hall–Kier alpha value is -3.36. The summed E-state index contributed by atoms with van der Waals surface area (Å²) in [5.41, 5.74) is -0.537. The van der Waals surface area contributed by atoms with E-state index in [0.29, 0.717) is 11.9 Å². The molecular formula is C14H9F2N5O2. The number of carboxylic acid groups (broad SMARTS) is 1. The number of hydrogen-bond acceptors (Lipinski definition) is 5. The second kappa shape index (κ2) is 5.79. The molecule has 7 nitrogen and oxygen atoms in total. The first-order valence-corrected chi connectivity index (χ1v) is 6.36. The number of anilines is 2. The van der Waals surface area contributed by atoms with Gasteiger partial charge in [0.1, 0.15) is 6.33 Å². The smallest absolute Gasteiger partial charge is 0.337 e.